The third-order valence-corrected chi connectivity index (χ3v) is 5.97. The van der Waals surface area contributed by atoms with E-state index in [-0.39, 0.29) is 23.5 Å². The second kappa shape index (κ2) is 11.8. The highest BCUT2D eigenvalue weighted by Crippen LogP contribution is 2.31. The minimum absolute atomic E-state index is 0.0631. The van der Waals surface area contributed by atoms with Crippen LogP contribution in [0, 0.1) is 0 Å². The van der Waals surface area contributed by atoms with E-state index in [1.807, 2.05) is 24.3 Å². The van der Waals surface area contributed by atoms with Gasteiger partial charge in [-0.3, -0.25) is 14.6 Å². The van der Waals surface area contributed by atoms with E-state index in [2.05, 4.69) is 29.1 Å². The van der Waals surface area contributed by atoms with Crippen molar-refractivity contribution in [1.82, 2.24) is 9.97 Å². The van der Waals surface area contributed by atoms with E-state index in [0.717, 1.165) is 16.8 Å². The van der Waals surface area contributed by atoms with E-state index in [0.29, 0.717) is 34.8 Å². The van der Waals surface area contributed by atoms with E-state index in [1.165, 1.54) is 13.2 Å². The molecule has 4 aromatic rings. The zero-order valence-corrected chi connectivity index (χ0v) is 21.1. The van der Waals surface area contributed by atoms with Gasteiger partial charge in [0.2, 0.25) is 5.91 Å². The number of hydrogen-bond acceptors (Lipinski definition) is 6. The second-order valence-corrected chi connectivity index (χ2v) is 8.74. The minimum atomic E-state index is -0.345. The molecule has 2 amide bonds. The fraction of sp³-hybridized carbons (Fsp3) is 0.133. The van der Waals surface area contributed by atoms with Gasteiger partial charge in [-0.2, -0.15) is 0 Å². The summed E-state index contributed by atoms with van der Waals surface area (Å²) in [5.74, 6) is -0.0961. The van der Waals surface area contributed by atoms with Crippen molar-refractivity contribution in [3.8, 4) is 22.8 Å². The molecule has 0 spiro atoms. The molecular formula is C30H28N4O4. The third-order valence-electron chi connectivity index (χ3n) is 5.97. The van der Waals surface area contributed by atoms with E-state index < -0.39 is 0 Å². The van der Waals surface area contributed by atoms with Crippen molar-refractivity contribution in [2.24, 2.45) is 0 Å². The van der Waals surface area contributed by atoms with Crippen LogP contribution in [0.5, 0.6) is 11.5 Å². The molecule has 3 N–H and O–H groups in total. The zero-order chi connectivity index (χ0) is 27.1. The Kier molecular flexibility index (Phi) is 8.13. The maximum Gasteiger partial charge on any atom is 0.255 e. The largest absolute Gasteiger partial charge is 0.504 e. The highest BCUT2D eigenvalue weighted by atomic mass is 16.5. The van der Waals surface area contributed by atoms with Gasteiger partial charge >= 0.3 is 0 Å². The molecule has 0 unspecified atom stereocenters. The van der Waals surface area contributed by atoms with Gasteiger partial charge in [0.25, 0.3) is 5.91 Å². The molecule has 0 bridgehead atoms. The summed E-state index contributed by atoms with van der Waals surface area (Å²) in [6, 6.07) is 19.4. The Morgan fingerprint density at radius 1 is 1.03 bits per heavy atom. The molecule has 3 aromatic carbocycles. The van der Waals surface area contributed by atoms with Crippen LogP contribution in [0.25, 0.3) is 11.3 Å². The highest BCUT2D eigenvalue weighted by Gasteiger charge is 2.13. The number of aromatic hydroxyl groups is 1. The summed E-state index contributed by atoms with van der Waals surface area (Å²) in [5.41, 5.74) is 4.92. The first-order valence-corrected chi connectivity index (χ1v) is 12.0. The second-order valence-electron chi connectivity index (χ2n) is 8.74. The summed E-state index contributed by atoms with van der Waals surface area (Å²) in [5, 5.41) is 15.5. The van der Waals surface area contributed by atoms with Gasteiger partial charge in [0.1, 0.15) is 0 Å². The predicted molar refractivity (Wildman–Crippen MR) is 147 cm³/mol. The van der Waals surface area contributed by atoms with Gasteiger partial charge in [0.05, 0.1) is 24.7 Å². The monoisotopic (exact) mass is 508 g/mol. The van der Waals surface area contributed by atoms with Crippen molar-refractivity contribution in [1.29, 1.82) is 0 Å². The summed E-state index contributed by atoms with van der Waals surface area (Å²) in [4.78, 5) is 33.5. The zero-order valence-electron chi connectivity index (χ0n) is 21.1. The topological polar surface area (TPSA) is 113 Å². The molecule has 38 heavy (non-hydrogen) atoms. The first-order valence-electron chi connectivity index (χ1n) is 12.0. The van der Waals surface area contributed by atoms with Gasteiger partial charge in [-0.15, -0.1) is 0 Å². The van der Waals surface area contributed by atoms with Gasteiger partial charge in [0, 0.05) is 28.7 Å². The Morgan fingerprint density at radius 2 is 1.79 bits per heavy atom. The lowest BCUT2D eigenvalue weighted by Gasteiger charge is -2.14. The molecular weight excluding hydrogens is 480 g/mol. The predicted octanol–water partition coefficient (Wildman–Crippen LogP) is 5.58. The molecule has 0 saturated carbocycles. The number of hydrogen-bond donors (Lipinski definition) is 3. The minimum Gasteiger partial charge on any atom is -0.504 e. The van der Waals surface area contributed by atoms with E-state index in [1.54, 1.807) is 54.9 Å². The number of ether oxygens (including phenoxy) is 1. The lowest BCUT2D eigenvalue weighted by atomic mass is 9.95. The van der Waals surface area contributed by atoms with E-state index >= 15 is 0 Å². The maximum atomic E-state index is 12.8. The number of phenols is 1. The van der Waals surface area contributed by atoms with Gasteiger partial charge in [-0.05, 0) is 72.5 Å². The van der Waals surface area contributed by atoms with E-state index in [4.69, 9.17) is 9.72 Å². The molecule has 8 nitrogen and oxygen atoms in total. The first kappa shape index (κ1) is 26.1. The molecule has 8 heteroatoms. The molecule has 0 aliphatic heterocycles. The van der Waals surface area contributed by atoms with Crippen LogP contribution in [-0.4, -0.2) is 34.0 Å². The lowest BCUT2D eigenvalue weighted by molar-refractivity contribution is -0.111. The number of nitrogens with one attached hydrogen (secondary N) is 2. The number of anilines is 2. The highest BCUT2D eigenvalue weighted by molar-refractivity contribution is 6.06. The van der Waals surface area contributed by atoms with Crippen molar-refractivity contribution in [2.75, 3.05) is 17.7 Å². The van der Waals surface area contributed by atoms with Gasteiger partial charge in [-0.1, -0.05) is 31.7 Å². The summed E-state index contributed by atoms with van der Waals surface area (Å²) >= 11 is 0. The van der Waals surface area contributed by atoms with Gasteiger partial charge in [-0.25, -0.2) is 4.98 Å². The number of aromatic nitrogens is 2. The third kappa shape index (κ3) is 6.41. The molecule has 0 fully saturated rings. The van der Waals surface area contributed by atoms with Crippen molar-refractivity contribution in [2.45, 2.75) is 19.3 Å². The fourth-order valence-electron chi connectivity index (χ4n) is 3.97. The fourth-order valence-corrected chi connectivity index (χ4v) is 3.97. The quantitative estimate of drug-likeness (QED) is 0.254. The van der Waals surface area contributed by atoms with Crippen LogP contribution in [-0.2, 0) is 11.2 Å². The van der Waals surface area contributed by atoms with Crippen LogP contribution < -0.4 is 15.4 Å². The summed E-state index contributed by atoms with van der Waals surface area (Å²) in [6.07, 6.45) is 5.22. The number of benzene rings is 3. The molecule has 0 radical (unpaired) electrons. The van der Waals surface area contributed by atoms with Crippen LogP contribution >= 0.6 is 0 Å². The average molecular weight is 509 g/mol. The Bertz CT molecular complexity index is 1480. The van der Waals surface area contributed by atoms with Crippen molar-refractivity contribution >= 4 is 23.2 Å². The smallest absolute Gasteiger partial charge is 0.255 e. The molecule has 1 atom stereocenters. The molecule has 4 rings (SSSR count). The molecule has 0 saturated heterocycles. The molecule has 1 aromatic heterocycles. The van der Waals surface area contributed by atoms with Crippen LogP contribution in [0.2, 0.25) is 0 Å². The molecule has 0 aliphatic carbocycles. The maximum absolute atomic E-state index is 12.8. The van der Waals surface area contributed by atoms with Gasteiger partial charge in [0.15, 0.2) is 11.5 Å². The number of carbonyl (C=O) groups excluding carboxylic acids is 2. The normalized spacial score (nSPS) is 11.3. The van der Waals surface area contributed by atoms with Gasteiger partial charge < -0.3 is 20.5 Å². The van der Waals surface area contributed by atoms with Crippen LogP contribution in [0.4, 0.5) is 11.4 Å². The standard InChI is InChI=1S/C30H28N4O4/c1-4-29(36)33-23-9-6-8-22(15-23)30(37)34-24-10-5-7-20(14-24)19(2)13-25-17-31-18-26(32-25)21-11-12-27(35)28(16-21)38-3/h4-12,14-19,35H,1,13H2,2-3H3,(H,33,36)(H,34,37)/t19-/m1/s1. The Hall–Kier alpha value is -4.98. The van der Waals surface area contributed by atoms with Crippen LogP contribution in [0.15, 0.2) is 91.8 Å². The summed E-state index contributed by atoms with van der Waals surface area (Å²) in [7, 11) is 1.50. The van der Waals surface area contributed by atoms with Crippen molar-refractivity contribution in [3.05, 3.63) is 109 Å². The number of phenolic OH excluding ortho intramolecular Hbond substituents is 1. The Morgan fingerprint density at radius 3 is 2.55 bits per heavy atom. The molecule has 0 aliphatic rings. The number of amides is 2. The summed E-state index contributed by atoms with van der Waals surface area (Å²) in [6.45, 7) is 5.52. The molecule has 1 heterocycles. The van der Waals surface area contributed by atoms with Crippen LogP contribution in [0.1, 0.15) is 34.5 Å². The Labute approximate surface area is 221 Å². The first-order chi connectivity index (χ1) is 18.4. The molecule has 192 valence electrons. The lowest BCUT2D eigenvalue weighted by Crippen LogP contribution is -2.13. The average Bonchev–Trinajstić information content (AvgIpc) is 2.93. The van der Waals surface area contributed by atoms with Crippen molar-refractivity contribution < 1.29 is 19.4 Å². The summed E-state index contributed by atoms with van der Waals surface area (Å²) < 4.78 is 5.20. The Balaban J connectivity index is 1.46. The van der Waals surface area contributed by atoms with Crippen molar-refractivity contribution in [3.63, 3.8) is 0 Å². The number of nitrogens with zero attached hydrogens (tertiary/aromatic N) is 2. The number of methoxy groups -OCH3 is 1. The SMILES string of the molecule is C=CC(=O)Nc1cccc(C(=O)Nc2cccc([C@H](C)Cc3cncc(-c4ccc(O)c(OC)c4)n3)c2)c1. The van der Waals surface area contributed by atoms with Crippen LogP contribution in [0.3, 0.4) is 0 Å². The van der Waals surface area contributed by atoms with E-state index in [9.17, 15) is 14.7 Å². The number of rotatable bonds is 9. The number of carbonyl (C=O) groups is 2.